The van der Waals surface area contributed by atoms with Crippen molar-refractivity contribution in [2.45, 2.75) is 60.8 Å². The van der Waals surface area contributed by atoms with Crippen molar-refractivity contribution in [3.8, 4) is 5.88 Å². The van der Waals surface area contributed by atoms with E-state index in [1.807, 2.05) is 44.2 Å². The van der Waals surface area contributed by atoms with Crippen LogP contribution < -0.4 is 15.1 Å². The van der Waals surface area contributed by atoms with Gasteiger partial charge in [0.2, 0.25) is 5.88 Å². The topological polar surface area (TPSA) is 78.4 Å². The fraction of sp³-hybridized carbons (Fsp3) is 0.387. The third kappa shape index (κ3) is 7.81. The van der Waals surface area contributed by atoms with Crippen molar-refractivity contribution < 1.29 is 4.74 Å². The minimum absolute atomic E-state index is 0.513. The molecule has 0 spiro atoms. The molecule has 38 heavy (non-hydrogen) atoms. The van der Waals surface area contributed by atoms with Crippen molar-refractivity contribution in [3.63, 3.8) is 0 Å². The van der Waals surface area contributed by atoms with Gasteiger partial charge in [0.1, 0.15) is 0 Å². The van der Waals surface area contributed by atoms with Crippen LogP contribution in [0.3, 0.4) is 0 Å². The number of hydrazone groups is 1. The van der Waals surface area contributed by atoms with Gasteiger partial charge >= 0.3 is 0 Å². The van der Waals surface area contributed by atoms with Crippen molar-refractivity contribution >= 4 is 28.5 Å². The smallest absolute Gasteiger partial charge is 0.215 e. The molecule has 7 nitrogen and oxygen atoms in total. The second-order valence-corrected chi connectivity index (χ2v) is 9.00. The Morgan fingerprint density at radius 3 is 2.53 bits per heavy atom. The predicted octanol–water partition coefficient (Wildman–Crippen LogP) is 7.29. The number of benzene rings is 1. The lowest BCUT2D eigenvalue weighted by atomic mass is 10.1. The number of nitrogens with one attached hydrogen (secondary N) is 2. The quantitative estimate of drug-likeness (QED) is 0.153. The summed E-state index contributed by atoms with van der Waals surface area (Å²) in [5.41, 5.74) is 10.5. The molecular weight excluding hydrogens is 472 g/mol. The molecule has 3 aromatic heterocycles. The van der Waals surface area contributed by atoms with Crippen LogP contribution in [-0.2, 0) is 6.42 Å². The molecule has 7 heteroatoms. The van der Waals surface area contributed by atoms with Gasteiger partial charge in [-0.3, -0.25) is 10.4 Å². The van der Waals surface area contributed by atoms with Gasteiger partial charge in [0.05, 0.1) is 24.2 Å². The van der Waals surface area contributed by atoms with E-state index in [0.717, 1.165) is 60.6 Å². The molecule has 4 rings (SSSR count). The van der Waals surface area contributed by atoms with E-state index in [1.165, 1.54) is 16.6 Å². The third-order valence-corrected chi connectivity index (χ3v) is 6.19. The fourth-order valence-electron chi connectivity index (χ4n) is 4.25. The molecule has 0 saturated carbocycles. The molecule has 1 aromatic carbocycles. The number of H-pyrrole nitrogens is 1. The maximum Gasteiger partial charge on any atom is 0.215 e. The molecule has 0 amide bonds. The number of anilines is 2. The van der Waals surface area contributed by atoms with Crippen molar-refractivity contribution in [1.29, 1.82) is 0 Å². The van der Waals surface area contributed by atoms with Crippen LogP contribution in [-0.4, -0.2) is 40.9 Å². The van der Waals surface area contributed by atoms with Crippen molar-refractivity contribution in [2.24, 2.45) is 5.10 Å². The molecule has 0 atom stereocenters. The minimum Gasteiger partial charge on any atom is -0.477 e. The second kappa shape index (κ2) is 14.8. The molecule has 202 valence electrons. The molecule has 0 fully saturated rings. The van der Waals surface area contributed by atoms with E-state index >= 15 is 0 Å². The first-order chi connectivity index (χ1) is 18.6. The summed E-state index contributed by atoms with van der Waals surface area (Å²) in [5.74, 6) is 0.599. The van der Waals surface area contributed by atoms with E-state index in [4.69, 9.17) is 9.72 Å². The molecular formula is C31H42N6O. The van der Waals surface area contributed by atoms with Gasteiger partial charge in [0, 0.05) is 59.8 Å². The number of hydrogen-bond acceptors (Lipinski definition) is 6. The molecule has 0 saturated heterocycles. The number of fused-ring (bicyclic) bond motifs is 1. The van der Waals surface area contributed by atoms with Gasteiger partial charge in [-0.1, -0.05) is 33.8 Å². The first-order valence-electron chi connectivity index (χ1n) is 13.7. The Hall–Kier alpha value is -3.87. The Morgan fingerprint density at radius 2 is 1.82 bits per heavy atom. The summed E-state index contributed by atoms with van der Waals surface area (Å²) in [4.78, 5) is 14.9. The summed E-state index contributed by atoms with van der Waals surface area (Å²) in [5, 5.41) is 5.68. The SMILES string of the molecule is CC.CCCN(CCC)c1cc(/C=N/Nc2ccc3[nH]c(C)c(C)c3c2)nc(OCCc2ccccn2)c1. The molecule has 0 aliphatic rings. The number of ether oxygens (including phenoxy) is 1. The average molecular weight is 515 g/mol. The normalized spacial score (nSPS) is 10.9. The van der Waals surface area contributed by atoms with Crippen LogP contribution in [0.15, 0.2) is 59.8 Å². The van der Waals surface area contributed by atoms with E-state index in [1.54, 1.807) is 12.4 Å². The molecule has 3 heterocycles. The van der Waals surface area contributed by atoms with E-state index < -0.39 is 0 Å². The molecule has 0 aliphatic carbocycles. The number of pyridine rings is 2. The lowest BCUT2D eigenvalue weighted by molar-refractivity contribution is 0.308. The van der Waals surface area contributed by atoms with Gasteiger partial charge < -0.3 is 14.6 Å². The fourth-order valence-corrected chi connectivity index (χ4v) is 4.25. The monoisotopic (exact) mass is 514 g/mol. The van der Waals surface area contributed by atoms with Crippen molar-refractivity contribution in [2.75, 3.05) is 30.0 Å². The van der Waals surface area contributed by atoms with Crippen LogP contribution in [0.2, 0.25) is 0 Å². The summed E-state index contributed by atoms with van der Waals surface area (Å²) in [6.07, 6.45) is 6.43. The molecule has 0 aliphatic heterocycles. The molecule has 0 radical (unpaired) electrons. The molecule has 4 aromatic rings. The second-order valence-electron chi connectivity index (χ2n) is 9.00. The number of rotatable bonds is 12. The van der Waals surface area contributed by atoms with Crippen LogP contribution in [0.5, 0.6) is 5.88 Å². The van der Waals surface area contributed by atoms with Crippen LogP contribution in [0.4, 0.5) is 11.4 Å². The minimum atomic E-state index is 0.513. The van der Waals surface area contributed by atoms with E-state index in [9.17, 15) is 0 Å². The number of aromatic nitrogens is 3. The van der Waals surface area contributed by atoms with Gasteiger partial charge in [-0.25, -0.2) is 4.98 Å². The lowest BCUT2D eigenvalue weighted by Crippen LogP contribution is -2.25. The first kappa shape index (κ1) is 28.7. The van der Waals surface area contributed by atoms with Gasteiger partial charge in [-0.2, -0.15) is 5.10 Å². The molecule has 2 N–H and O–H groups in total. The zero-order chi connectivity index (χ0) is 27.3. The van der Waals surface area contributed by atoms with Crippen LogP contribution >= 0.6 is 0 Å². The average Bonchev–Trinajstić information content (AvgIpc) is 3.23. The van der Waals surface area contributed by atoms with E-state index in [0.29, 0.717) is 12.5 Å². The number of aromatic amines is 1. The zero-order valence-corrected chi connectivity index (χ0v) is 23.7. The summed E-state index contributed by atoms with van der Waals surface area (Å²) in [6.45, 7) is 15.1. The summed E-state index contributed by atoms with van der Waals surface area (Å²) in [7, 11) is 0. The van der Waals surface area contributed by atoms with Crippen LogP contribution in [0, 0.1) is 13.8 Å². The molecule has 0 unspecified atom stereocenters. The number of aryl methyl sites for hydroxylation is 2. The number of nitrogens with zero attached hydrogens (tertiary/aromatic N) is 4. The van der Waals surface area contributed by atoms with Gasteiger partial charge in [0.25, 0.3) is 0 Å². The largest absolute Gasteiger partial charge is 0.477 e. The summed E-state index contributed by atoms with van der Waals surface area (Å²) >= 11 is 0. The first-order valence-corrected chi connectivity index (χ1v) is 13.7. The van der Waals surface area contributed by atoms with E-state index in [-0.39, 0.29) is 0 Å². The zero-order valence-electron chi connectivity index (χ0n) is 23.7. The van der Waals surface area contributed by atoms with Gasteiger partial charge in [0.15, 0.2) is 0 Å². The Kier molecular flexibility index (Phi) is 11.1. The Bertz CT molecular complexity index is 1290. The Balaban J connectivity index is 0.00000195. The van der Waals surface area contributed by atoms with Gasteiger partial charge in [-0.05, 0) is 68.7 Å². The highest BCUT2D eigenvalue weighted by molar-refractivity contribution is 5.87. The maximum absolute atomic E-state index is 6.06. The van der Waals surface area contributed by atoms with E-state index in [2.05, 4.69) is 71.3 Å². The Morgan fingerprint density at radius 1 is 1.03 bits per heavy atom. The highest BCUT2D eigenvalue weighted by atomic mass is 16.5. The predicted molar refractivity (Wildman–Crippen MR) is 161 cm³/mol. The number of hydrogen-bond donors (Lipinski definition) is 2. The van der Waals surface area contributed by atoms with Crippen molar-refractivity contribution in [1.82, 2.24) is 15.0 Å². The van der Waals surface area contributed by atoms with Crippen molar-refractivity contribution in [3.05, 3.63) is 77.4 Å². The summed E-state index contributed by atoms with van der Waals surface area (Å²) < 4.78 is 6.06. The highest BCUT2D eigenvalue weighted by Gasteiger charge is 2.10. The lowest BCUT2D eigenvalue weighted by Gasteiger charge is -2.24. The van der Waals surface area contributed by atoms with Gasteiger partial charge in [-0.15, -0.1) is 0 Å². The summed E-state index contributed by atoms with van der Waals surface area (Å²) in [6, 6.07) is 16.2. The van der Waals surface area contributed by atoms with Crippen LogP contribution in [0.1, 0.15) is 63.2 Å². The highest BCUT2D eigenvalue weighted by Crippen LogP contribution is 2.25. The Labute approximate surface area is 227 Å². The maximum atomic E-state index is 6.06. The third-order valence-electron chi connectivity index (χ3n) is 6.19. The molecule has 0 bridgehead atoms. The standard InChI is InChI=1S/C29H36N6O.C2H6/c1-5-14-35(15-6-2)26-17-25(33-29(19-26)36-16-12-23-9-7-8-13-30-23)20-31-34-24-10-11-28-27(18-24)21(3)22(4)32-28;1-2/h7-11,13,17-20,32,34H,5-6,12,14-16H2,1-4H3;1-2H3/b31-20+;. The van der Waals surface area contributed by atoms with Crippen LogP contribution in [0.25, 0.3) is 10.9 Å².